The van der Waals surface area contributed by atoms with Gasteiger partial charge in [0.05, 0.1) is 16.1 Å². The van der Waals surface area contributed by atoms with Gasteiger partial charge in [-0.1, -0.05) is 30.3 Å². The molecule has 2 amide bonds. The van der Waals surface area contributed by atoms with Crippen LogP contribution in [-0.2, 0) is 11.0 Å². The summed E-state index contributed by atoms with van der Waals surface area (Å²) in [7, 11) is -1.45. The highest BCUT2D eigenvalue weighted by Gasteiger charge is 2.12. The molecule has 0 saturated carbocycles. The number of para-hydroxylation sites is 2. The average Bonchev–Trinajstić information content (AvgIpc) is 2.69. The number of hydrogen-bond donors (Lipinski definition) is 3. The SMILES string of the molecule is NC(=O)c1ccccc1NC(=O)c1ccc(S(=O)Nc2ccccc2)cc1. The molecular weight excluding hydrogens is 362 g/mol. The first-order valence-electron chi connectivity index (χ1n) is 8.08. The van der Waals surface area contributed by atoms with Crippen LogP contribution in [0.15, 0.2) is 83.8 Å². The molecule has 0 aliphatic rings. The van der Waals surface area contributed by atoms with Crippen molar-refractivity contribution in [1.82, 2.24) is 0 Å². The largest absolute Gasteiger partial charge is 0.366 e. The predicted molar refractivity (Wildman–Crippen MR) is 106 cm³/mol. The van der Waals surface area contributed by atoms with Crippen molar-refractivity contribution in [2.75, 3.05) is 10.0 Å². The summed E-state index contributed by atoms with van der Waals surface area (Å²) in [5.41, 5.74) is 6.99. The van der Waals surface area contributed by atoms with E-state index in [0.29, 0.717) is 16.1 Å². The zero-order chi connectivity index (χ0) is 19.2. The lowest BCUT2D eigenvalue weighted by atomic mass is 10.1. The molecular formula is C20H17N3O3S. The summed E-state index contributed by atoms with van der Waals surface area (Å²) >= 11 is 0. The highest BCUT2D eigenvalue weighted by Crippen LogP contribution is 2.17. The third kappa shape index (κ3) is 4.59. The van der Waals surface area contributed by atoms with E-state index in [1.165, 1.54) is 0 Å². The molecule has 0 heterocycles. The molecule has 136 valence electrons. The van der Waals surface area contributed by atoms with Crippen LogP contribution < -0.4 is 15.8 Å². The van der Waals surface area contributed by atoms with Crippen LogP contribution in [0.1, 0.15) is 20.7 Å². The number of primary amides is 1. The fraction of sp³-hybridized carbons (Fsp3) is 0. The second kappa shape index (κ2) is 8.29. The number of anilines is 2. The standard InChI is InChI=1S/C20H17N3O3S/c21-19(24)17-8-4-5-9-18(17)22-20(25)14-10-12-16(13-11-14)27(26)23-15-6-2-1-3-7-15/h1-13,23H,(H2,21,24)(H,22,25). The molecule has 0 bridgehead atoms. The molecule has 3 aromatic rings. The van der Waals surface area contributed by atoms with Crippen molar-refractivity contribution in [2.24, 2.45) is 5.73 Å². The molecule has 0 saturated heterocycles. The van der Waals surface area contributed by atoms with E-state index in [9.17, 15) is 13.8 Å². The molecule has 0 fully saturated rings. The molecule has 6 nitrogen and oxygen atoms in total. The van der Waals surface area contributed by atoms with Crippen LogP contribution in [0.3, 0.4) is 0 Å². The summed E-state index contributed by atoms with van der Waals surface area (Å²) in [5, 5.41) is 2.67. The number of amides is 2. The molecule has 0 radical (unpaired) electrons. The smallest absolute Gasteiger partial charge is 0.255 e. The van der Waals surface area contributed by atoms with E-state index in [1.807, 2.05) is 30.3 Å². The minimum absolute atomic E-state index is 0.232. The van der Waals surface area contributed by atoms with Gasteiger partial charge >= 0.3 is 0 Å². The molecule has 3 aromatic carbocycles. The van der Waals surface area contributed by atoms with E-state index in [2.05, 4.69) is 10.0 Å². The fourth-order valence-electron chi connectivity index (χ4n) is 2.40. The van der Waals surface area contributed by atoms with E-state index < -0.39 is 22.8 Å². The maximum atomic E-state index is 12.4. The molecule has 0 aliphatic heterocycles. The van der Waals surface area contributed by atoms with Crippen molar-refractivity contribution < 1.29 is 13.8 Å². The molecule has 0 aliphatic carbocycles. The van der Waals surface area contributed by atoms with Gasteiger partial charge in [0, 0.05) is 11.3 Å². The van der Waals surface area contributed by atoms with Gasteiger partial charge in [-0.3, -0.25) is 9.59 Å². The summed E-state index contributed by atoms with van der Waals surface area (Å²) in [6.07, 6.45) is 0. The quantitative estimate of drug-likeness (QED) is 0.613. The Morgan fingerprint density at radius 3 is 2.11 bits per heavy atom. The van der Waals surface area contributed by atoms with Gasteiger partial charge in [0.15, 0.2) is 0 Å². The van der Waals surface area contributed by atoms with Crippen molar-refractivity contribution in [3.05, 3.63) is 90.0 Å². The number of hydrogen-bond acceptors (Lipinski definition) is 3. The third-order valence-electron chi connectivity index (χ3n) is 3.76. The Bertz CT molecular complexity index is 989. The van der Waals surface area contributed by atoms with E-state index >= 15 is 0 Å². The summed E-state index contributed by atoms with van der Waals surface area (Å²) in [4.78, 5) is 24.4. The van der Waals surface area contributed by atoms with E-state index in [1.54, 1.807) is 48.5 Å². The number of carbonyl (C=O) groups is 2. The first-order valence-corrected chi connectivity index (χ1v) is 9.23. The van der Waals surface area contributed by atoms with Gasteiger partial charge in [0.1, 0.15) is 11.0 Å². The van der Waals surface area contributed by atoms with Gasteiger partial charge in [0.25, 0.3) is 11.8 Å². The Balaban J connectivity index is 1.71. The zero-order valence-corrected chi connectivity index (χ0v) is 15.0. The minimum atomic E-state index is -1.45. The minimum Gasteiger partial charge on any atom is -0.366 e. The Hall–Kier alpha value is -3.45. The lowest BCUT2D eigenvalue weighted by Gasteiger charge is -2.10. The molecule has 1 unspecified atom stereocenters. The molecule has 27 heavy (non-hydrogen) atoms. The lowest BCUT2D eigenvalue weighted by Crippen LogP contribution is -2.18. The number of nitrogens with one attached hydrogen (secondary N) is 2. The molecule has 0 spiro atoms. The second-order valence-electron chi connectivity index (χ2n) is 5.63. The van der Waals surface area contributed by atoms with E-state index in [4.69, 9.17) is 5.73 Å². The van der Waals surface area contributed by atoms with Gasteiger partial charge in [0.2, 0.25) is 0 Å². The van der Waals surface area contributed by atoms with Crippen LogP contribution in [0.5, 0.6) is 0 Å². The average molecular weight is 379 g/mol. The zero-order valence-electron chi connectivity index (χ0n) is 14.2. The van der Waals surface area contributed by atoms with Gasteiger partial charge in [-0.2, -0.15) is 0 Å². The molecule has 3 rings (SSSR count). The number of rotatable bonds is 6. The maximum absolute atomic E-state index is 12.4. The summed E-state index contributed by atoms with van der Waals surface area (Å²) in [5.74, 6) is -1.01. The van der Waals surface area contributed by atoms with Crippen LogP contribution in [0.2, 0.25) is 0 Å². The predicted octanol–water partition coefficient (Wildman–Crippen LogP) is 3.17. The van der Waals surface area contributed by atoms with Crippen LogP contribution in [-0.4, -0.2) is 16.0 Å². The van der Waals surface area contributed by atoms with Gasteiger partial charge in [-0.05, 0) is 48.5 Å². The summed E-state index contributed by atoms with van der Waals surface area (Å²) in [6.45, 7) is 0. The number of nitrogens with two attached hydrogens (primary N) is 1. The topological polar surface area (TPSA) is 101 Å². The highest BCUT2D eigenvalue weighted by atomic mass is 32.2. The summed E-state index contributed by atoms with van der Waals surface area (Å²) in [6, 6.07) is 22.1. The lowest BCUT2D eigenvalue weighted by molar-refractivity contribution is 0.100. The van der Waals surface area contributed by atoms with Crippen molar-refractivity contribution in [1.29, 1.82) is 0 Å². The molecule has 0 aromatic heterocycles. The van der Waals surface area contributed by atoms with Gasteiger partial charge in [-0.15, -0.1) is 0 Å². The van der Waals surface area contributed by atoms with Crippen molar-refractivity contribution in [3.8, 4) is 0 Å². The monoisotopic (exact) mass is 379 g/mol. The van der Waals surface area contributed by atoms with Crippen molar-refractivity contribution in [2.45, 2.75) is 4.90 Å². The Kier molecular flexibility index (Phi) is 5.63. The third-order valence-corrected chi connectivity index (χ3v) is 4.88. The Morgan fingerprint density at radius 2 is 1.44 bits per heavy atom. The first-order chi connectivity index (χ1) is 13.0. The summed E-state index contributed by atoms with van der Waals surface area (Å²) < 4.78 is 15.2. The highest BCUT2D eigenvalue weighted by molar-refractivity contribution is 7.86. The van der Waals surface area contributed by atoms with Crippen LogP contribution in [0, 0.1) is 0 Å². The normalized spacial score (nSPS) is 11.4. The molecule has 4 N–H and O–H groups in total. The van der Waals surface area contributed by atoms with Crippen molar-refractivity contribution in [3.63, 3.8) is 0 Å². The Morgan fingerprint density at radius 1 is 0.815 bits per heavy atom. The molecule has 7 heteroatoms. The Labute approximate surface area is 159 Å². The van der Waals surface area contributed by atoms with E-state index in [-0.39, 0.29) is 5.56 Å². The second-order valence-corrected chi connectivity index (χ2v) is 6.84. The van der Waals surface area contributed by atoms with Crippen LogP contribution in [0.25, 0.3) is 0 Å². The van der Waals surface area contributed by atoms with Gasteiger partial charge < -0.3 is 15.8 Å². The van der Waals surface area contributed by atoms with Gasteiger partial charge in [-0.25, -0.2) is 4.21 Å². The van der Waals surface area contributed by atoms with E-state index in [0.717, 1.165) is 5.69 Å². The van der Waals surface area contributed by atoms with Crippen LogP contribution in [0.4, 0.5) is 11.4 Å². The molecule has 1 atom stereocenters. The first kappa shape index (κ1) is 18.3. The van der Waals surface area contributed by atoms with Crippen LogP contribution >= 0.6 is 0 Å². The van der Waals surface area contributed by atoms with Crippen molar-refractivity contribution >= 4 is 34.2 Å². The number of benzene rings is 3. The number of carbonyl (C=O) groups excluding carboxylic acids is 2. The maximum Gasteiger partial charge on any atom is 0.255 e. The fourth-order valence-corrected chi connectivity index (χ4v) is 3.25.